The molecule has 0 spiro atoms. The summed E-state index contributed by atoms with van der Waals surface area (Å²) in [6, 6.07) is 9.64. The van der Waals surface area contributed by atoms with Gasteiger partial charge in [-0.2, -0.15) is 0 Å². The predicted octanol–water partition coefficient (Wildman–Crippen LogP) is 1.97. The molecule has 5 nitrogen and oxygen atoms in total. The summed E-state index contributed by atoms with van der Waals surface area (Å²) in [5.41, 5.74) is 12.2. The molecule has 1 aliphatic carbocycles. The monoisotopic (exact) mass is 286 g/mol. The molecule has 1 fully saturated rings. The quantitative estimate of drug-likeness (QED) is 0.439. The van der Waals surface area contributed by atoms with E-state index >= 15 is 0 Å². The van der Waals surface area contributed by atoms with Crippen LogP contribution in [0.2, 0.25) is 0 Å². The summed E-state index contributed by atoms with van der Waals surface area (Å²) in [7, 11) is 0. The van der Waals surface area contributed by atoms with Crippen LogP contribution in [0.25, 0.3) is 0 Å². The lowest BCUT2D eigenvalue weighted by Crippen LogP contribution is -2.32. The summed E-state index contributed by atoms with van der Waals surface area (Å²) < 4.78 is 0. The molecule has 0 aromatic heterocycles. The maximum atomic E-state index is 11.6. The van der Waals surface area contributed by atoms with E-state index in [2.05, 4.69) is 10.3 Å². The van der Waals surface area contributed by atoms with Crippen LogP contribution in [0, 0.1) is 0 Å². The van der Waals surface area contributed by atoms with Gasteiger partial charge in [0.1, 0.15) is 5.84 Å². The van der Waals surface area contributed by atoms with Gasteiger partial charge in [-0.3, -0.25) is 4.79 Å². The summed E-state index contributed by atoms with van der Waals surface area (Å²) in [5.74, 6) is -0.437. The van der Waals surface area contributed by atoms with Gasteiger partial charge < -0.3 is 16.8 Å². The molecule has 112 valence electrons. The van der Waals surface area contributed by atoms with Gasteiger partial charge >= 0.3 is 0 Å². The van der Waals surface area contributed by atoms with Crippen molar-refractivity contribution in [3.8, 4) is 0 Å². The summed E-state index contributed by atoms with van der Waals surface area (Å²) >= 11 is 0. The molecular weight excluding hydrogens is 264 g/mol. The molecule has 1 saturated carbocycles. The van der Waals surface area contributed by atoms with Crippen molar-refractivity contribution in [2.24, 2.45) is 16.5 Å². The van der Waals surface area contributed by atoms with E-state index in [0.717, 1.165) is 12.8 Å². The number of hydrogen-bond donors (Lipinski definition) is 3. The number of nitrogens with zero attached hydrogens (tertiary/aromatic N) is 1. The number of nitrogens with one attached hydrogen (secondary N) is 1. The van der Waals surface area contributed by atoms with Gasteiger partial charge in [-0.1, -0.05) is 37.5 Å². The van der Waals surface area contributed by atoms with E-state index < -0.39 is 5.91 Å². The molecule has 1 amide bonds. The van der Waals surface area contributed by atoms with Crippen LogP contribution in [0.3, 0.4) is 0 Å². The Hall–Kier alpha value is -2.30. The lowest BCUT2D eigenvalue weighted by molar-refractivity contribution is -0.114. The predicted molar refractivity (Wildman–Crippen MR) is 85.0 cm³/mol. The Morgan fingerprint density at radius 3 is 2.43 bits per heavy atom. The molecule has 0 unspecified atom stereocenters. The highest BCUT2D eigenvalue weighted by Crippen LogP contribution is 2.17. The lowest BCUT2D eigenvalue weighted by atomic mass is 9.95. The third kappa shape index (κ3) is 4.63. The highest BCUT2D eigenvalue weighted by molar-refractivity contribution is 6.20. The highest BCUT2D eigenvalue weighted by atomic mass is 16.1. The van der Waals surface area contributed by atoms with Gasteiger partial charge in [0.25, 0.3) is 5.91 Å². The number of para-hydroxylation sites is 1. The minimum Gasteiger partial charge on any atom is -0.387 e. The van der Waals surface area contributed by atoms with Gasteiger partial charge in [0.2, 0.25) is 0 Å². The zero-order valence-corrected chi connectivity index (χ0v) is 12.1. The first kappa shape index (κ1) is 15.1. The SMILES string of the molecule is NC(=O)/C(=C/NC1CCCCC1)C(N)=Nc1ccccc1. The van der Waals surface area contributed by atoms with Crippen LogP contribution in [-0.2, 0) is 4.79 Å². The molecule has 0 bridgehead atoms. The first-order valence-electron chi connectivity index (χ1n) is 7.32. The van der Waals surface area contributed by atoms with Crippen LogP contribution in [0.5, 0.6) is 0 Å². The van der Waals surface area contributed by atoms with Crippen LogP contribution in [0.15, 0.2) is 47.1 Å². The number of benzene rings is 1. The molecule has 0 heterocycles. The van der Waals surface area contributed by atoms with E-state index in [1.807, 2.05) is 30.3 Å². The Morgan fingerprint density at radius 1 is 1.14 bits per heavy atom. The van der Waals surface area contributed by atoms with Gasteiger partial charge in [-0.05, 0) is 25.0 Å². The Kier molecular flexibility index (Phi) is 5.37. The van der Waals surface area contributed by atoms with Crippen molar-refractivity contribution < 1.29 is 4.79 Å². The minimum absolute atomic E-state index is 0.136. The van der Waals surface area contributed by atoms with Gasteiger partial charge in [-0.15, -0.1) is 0 Å². The zero-order valence-electron chi connectivity index (χ0n) is 12.1. The Bertz CT molecular complexity index is 530. The molecule has 1 aromatic rings. The van der Waals surface area contributed by atoms with Gasteiger partial charge in [0.15, 0.2) is 0 Å². The van der Waals surface area contributed by atoms with Crippen molar-refractivity contribution in [2.75, 3.05) is 0 Å². The van der Waals surface area contributed by atoms with Crippen molar-refractivity contribution in [1.82, 2.24) is 5.32 Å². The number of carbonyl (C=O) groups excluding carboxylic acids is 1. The maximum Gasteiger partial charge on any atom is 0.253 e. The number of hydrogen-bond acceptors (Lipinski definition) is 3. The van der Waals surface area contributed by atoms with E-state index in [1.165, 1.54) is 19.3 Å². The van der Waals surface area contributed by atoms with Crippen LogP contribution in [-0.4, -0.2) is 17.8 Å². The summed E-state index contributed by atoms with van der Waals surface area (Å²) in [6.45, 7) is 0. The molecule has 5 heteroatoms. The first-order chi connectivity index (χ1) is 10.2. The summed E-state index contributed by atoms with van der Waals surface area (Å²) in [4.78, 5) is 15.8. The third-order valence-corrected chi connectivity index (χ3v) is 3.62. The number of carbonyl (C=O) groups is 1. The second-order valence-electron chi connectivity index (χ2n) is 5.26. The normalized spacial score (nSPS) is 17.5. The molecule has 2 rings (SSSR count). The molecule has 0 saturated heterocycles. The number of amides is 1. The molecule has 0 aliphatic heterocycles. The van der Waals surface area contributed by atoms with Gasteiger partial charge in [-0.25, -0.2) is 4.99 Å². The van der Waals surface area contributed by atoms with Crippen LogP contribution in [0.1, 0.15) is 32.1 Å². The topological polar surface area (TPSA) is 93.5 Å². The molecule has 0 atom stereocenters. The second-order valence-corrected chi connectivity index (χ2v) is 5.26. The van der Waals surface area contributed by atoms with Gasteiger partial charge in [0, 0.05) is 12.2 Å². The zero-order chi connectivity index (χ0) is 15.1. The average molecular weight is 286 g/mol. The maximum absolute atomic E-state index is 11.6. The Balaban J connectivity index is 2.10. The Labute approximate surface area is 125 Å². The van der Waals surface area contributed by atoms with Crippen LogP contribution in [0.4, 0.5) is 5.69 Å². The van der Waals surface area contributed by atoms with Crippen molar-refractivity contribution in [1.29, 1.82) is 0 Å². The lowest BCUT2D eigenvalue weighted by Gasteiger charge is -2.22. The van der Waals surface area contributed by atoms with Crippen molar-refractivity contribution in [2.45, 2.75) is 38.1 Å². The fraction of sp³-hybridized carbons (Fsp3) is 0.375. The minimum atomic E-state index is -0.574. The molecule has 5 N–H and O–H groups in total. The summed E-state index contributed by atoms with van der Waals surface area (Å²) in [6.07, 6.45) is 7.54. The number of nitrogens with two attached hydrogens (primary N) is 2. The molecule has 0 radical (unpaired) electrons. The Morgan fingerprint density at radius 2 is 1.81 bits per heavy atom. The third-order valence-electron chi connectivity index (χ3n) is 3.62. The summed E-state index contributed by atoms with van der Waals surface area (Å²) in [5, 5.41) is 3.25. The molecular formula is C16H22N4O. The smallest absolute Gasteiger partial charge is 0.253 e. The molecule has 21 heavy (non-hydrogen) atoms. The van der Waals surface area contributed by atoms with Gasteiger partial charge in [0.05, 0.1) is 11.3 Å². The molecule has 1 aromatic carbocycles. The standard InChI is InChI=1S/C16H22N4O/c17-15(20-13-9-5-2-6-10-13)14(16(18)21)11-19-12-7-3-1-4-8-12/h2,5-6,9-12,19H,1,3-4,7-8H2,(H2,17,20)(H2,18,21)/b14-11+. The van der Waals surface area contributed by atoms with Crippen molar-refractivity contribution >= 4 is 17.4 Å². The average Bonchev–Trinajstić information content (AvgIpc) is 2.49. The number of amidine groups is 1. The van der Waals surface area contributed by atoms with Crippen molar-refractivity contribution in [3.63, 3.8) is 0 Å². The van der Waals surface area contributed by atoms with Crippen molar-refractivity contribution in [3.05, 3.63) is 42.1 Å². The largest absolute Gasteiger partial charge is 0.387 e. The van der Waals surface area contributed by atoms with E-state index in [-0.39, 0.29) is 11.4 Å². The molecule has 1 aliphatic rings. The second kappa shape index (κ2) is 7.47. The first-order valence-corrected chi connectivity index (χ1v) is 7.32. The van der Waals surface area contributed by atoms with Crippen LogP contribution < -0.4 is 16.8 Å². The van der Waals surface area contributed by atoms with E-state index in [4.69, 9.17) is 11.5 Å². The number of rotatable bonds is 5. The highest BCUT2D eigenvalue weighted by Gasteiger charge is 2.14. The fourth-order valence-corrected chi connectivity index (χ4v) is 2.44. The van der Waals surface area contributed by atoms with Crippen LogP contribution >= 0.6 is 0 Å². The number of aliphatic imine (C=N–C) groups is 1. The van der Waals surface area contributed by atoms with E-state index in [0.29, 0.717) is 11.7 Å². The van der Waals surface area contributed by atoms with E-state index in [9.17, 15) is 4.79 Å². The fourth-order valence-electron chi connectivity index (χ4n) is 2.44. The van der Waals surface area contributed by atoms with E-state index in [1.54, 1.807) is 6.20 Å². The number of primary amides is 1.